The van der Waals surface area contributed by atoms with Gasteiger partial charge in [-0.05, 0) is 42.9 Å². The Balaban J connectivity index is 2.20. The molecule has 5 nitrogen and oxygen atoms in total. The molecule has 2 aromatic rings. The first-order chi connectivity index (χ1) is 12.0. The summed E-state index contributed by atoms with van der Waals surface area (Å²) in [6, 6.07) is 7.77. The molecule has 0 fully saturated rings. The maximum Gasteiger partial charge on any atom is 0.416 e. The van der Waals surface area contributed by atoms with Gasteiger partial charge in [0.2, 0.25) is 10.0 Å². The molecule has 0 amide bonds. The second-order valence-electron chi connectivity index (χ2n) is 5.12. The molecule has 1 N–H and O–H groups in total. The van der Waals surface area contributed by atoms with Crippen molar-refractivity contribution >= 4 is 27.6 Å². The first kappa shape index (κ1) is 20.2. The maximum atomic E-state index is 12.7. The largest absolute Gasteiger partial charge is 0.457 e. The Morgan fingerprint density at radius 3 is 2.50 bits per heavy atom. The van der Waals surface area contributed by atoms with Gasteiger partial charge in [0.15, 0.2) is 0 Å². The highest BCUT2D eigenvalue weighted by Gasteiger charge is 2.30. The van der Waals surface area contributed by atoms with Crippen molar-refractivity contribution in [2.75, 3.05) is 7.05 Å². The van der Waals surface area contributed by atoms with Crippen LogP contribution in [-0.4, -0.2) is 21.4 Å². The van der Waals surface area contributed by atoms with E-state index in [4.69, 9.17) is 16.3 Å². The SMILES string of the molecule is CNS(=O)(=O)c1ccc(Cl)c(C(=O)OCc2cccc(C(F)(F)F)c2)c1. The molecule has 0 spiro atoms. The lowest BCUT2D eigenvalue weighted by molar-refractivity contribution is -0.137. The Morgan fingerprint density at radius 2 is 1.88 bits per heavy atom. The molecule has 0 radical (unpaired) electrons. The van der Waals surface area contributed by atoms with Crippen molar-refractivity contribution in [1.82, 2.24) is 4.72 Å². The van der Waals surface area contributed by atoms with E-state index in [9.17, 15) is 26.4 Å². The summed E-state index contributed by atoms with van der Waals surface area (Å²) >= 11 is 5.89. The predicted octanol–water partition coefficient (Wildman–Crippen LogP) is 3.62. The van der Waals surface area contributed by atoms with Crippen LogP contribution in [0.15, 0.2) is 47.4 Å². The minimum atomic E-state index is -4.51. The van der Waals surface area contributed by atoms with Gasteiger partial charge in [-0.15, -0.1) is 0 Å². The van der Waals surface area contributed by atoms with Crippen LogP contribution in [0.2, 0.25) is 5.02 Å². The zero-order valence-electron chi connectivity index (χ0n) is 13.3. The molecule has 0 bridgehead atoms. The van der Waals surface area contributed by atoms with Crippen LogP contribution in [0.1, 0.15) is 21.5 Å². The van der Waals surface area contributed by atoms with E-state index >= 15 is 0 Å². The minimum absolute atomic E-state index is 0.0471. The fourth-order valence-corrected chi connectivity index (χ4v) is 2.96. The van der Waals surface area contributed by atoms with Crippen LogP contribution in [0.3, 0.4) is 0 Å². The van der Waals surface area contributed by atoms with E-state index in [2.05, 4.69) is 4.72 Å². The molecule has 0 aliphatic rings. The highest BCUT2D eigenvalue weighted by Crippen LogP contribution is 2.29. The molecular formula is C16H13ClF3NO4S. The number of carbonyl (C=O) groups excluding carboxylic acids is 1. The van der Waals surface area contributed by atoms with Crippen molar-refractivity contribution in [2.24, 2.45) is 0 Å². The fraction of sp³-hybridized carbons (Fsp3) is 0.188. The third-order valence-electron chi connectivity index (χ3n) is 3.36. The number of esters is 1. The van der Waals surface area contributed by atoms with Gasteiger partial charge in [-0.2, -0.15) is 13.2 Å². The number of rotatable bonds is 5. The number of sulfonamides is 1. The van der Waals surface area contributed by atoms with Crippen LogP contribution in [0.25, 0.3) is 0 Å². The monoisotopic (exact) mass is 407 g/mol. The molecule has 2 rings (SSSR count). The van der Waals surface area contributed by atoms with Gasteiger partial charge in [-0.25, -0.2) is 17.9 Å². The highest BCUT2D eigenvalue weighted by molar-refractivity contribution is 7.89. The van der Waals surface area contributed by atoms with E-state index < -0.39 is 34.3 Å². The van der Waals surface area contributed by atoms with Gasteiger partial charge in [0, 0.05) is 0 Å². The van der Waals surface area contributed by atoms with Crippen LogP contribution < -0.4 is 4.72 Å². The Kier molecular flexibility index (Phi) is 5.94. The summed E-state index contributed by atoms with van der Waals surface area (Å²) in [7, 11) is -2.60. The molecule has 2 aromatic carbocycles. The minimum Gasteiger partial charge on any atom is -0.457 e. The summed E-state index contributed by atoms with van der Waals surface area (Å²) in [4.78, 5) is 11.9. The summed E-state index contributed by atoms with van der Waals surface area (Å²) in [5.74, 6) is -0.958. The quantitative estimate of drug-likeness (QED) is 0.768. The molecule has 0 unspecified atom stereocenters. The van der Waals surface area contributed by atoms with Gasteiger partial charge < -0.3 is 4.74 Å². The first-order valence-corrected chi connectivity index (χ1v) is 8.97. The Bertz CT molecular complexity index is 929. The van der Waals surface area contributed by atoms with Crippen LogP contribution in [-0.2, 0) is 27.5 Å². The predicted molar refractivity (Wildman–Crippen MR) is 88.3 cm³/mol. The van der Waals surface area contributed by atoms with Crippen molar-refractivity contribution in [1.29, 1.82) is 0 Å². The lowest BCUT2D eigenvalue weighted by atomic mass is 10.1. The topological polar surface area (TPSA) is 72.5 Å². The normalized spacial score (nSPS) is 12.0. The molecule has 0 heterocycles. The molecule has 0 saturated carbocycles. The van der Waals surface area contributed by atoms with Crippen LogP contribution >= 0.6 is 11.6 Å². The number of nitrogens with one attached hydrogen (secondary N) is 1. The molecular weight excluding hydrogens is 395 g/mol. The number of hydrogen-bond donors (Lipinski definition) is 1. The summed E-state index contributed by atoms with van der Waals surface area (Å²) in [5.41, 5.74) is -0.954. The molecule has 0 aliphatic carbocycles. The van der Waals surface area contributed by atoms with E-state index in [0.717, 1.165) is 18.2 Å². The van der Waals surface area contributed by atoms with Gasteiger partial charge in [-0.3, -0.25) is 0 Å². The third kappa shape index (κ3) is 4.75. The Morgan fingerprint density at radius 1 is 1.19 bits per heavy atom. The number of alkyl halides is 3. The van der Waals surface area contributed by atoms with Gasteiger partial charge in [-0.1, -0.05) is 23.7 Å². The lowest BCUT2D eigenvalue weighted by Gasteiger charge is -2.10. The van der Waals surface area contributed by atoms with Crippen molar-refractivity contribution < 1.29 is 31.1 Å². The van der Waals surface area contributed by atoms with Crippen molar-refractivity contribution in [3.05, 3.63) is 64.2 Å². The van der Waals surface area contributed by atoms with Crippen molar-refractivity contribution in [2.45, 2.75) is 17.7 Å². The third-order valence-corrected chi connectivity index (χ3v) is 5.10. The highest BCUT2D eigenvalue weighted by atomic mass is 35.5. The standard InChI is InChI=1S/C16H13ClF3NO4S/c1-21-26(23,24)12-5-6-14(17)13(8-12)15(22)25-9-10-3-2-4-11(7-10)16(18,19)20/h2-8,21H,9H2,1H3. The zero-order valence-corrected chi connectivity index (χ0v) is 14.9. The van der Waals surface area contributed by atoms with Gasteiger partial charge in [0.1, 0.15) is 6.61 Å². The zero-order chi connectivity index (χ0) is 19.5. The number of hydrogen-bond acceptors (Lipinski definition) is 4. The number of ether oxygens (including phenoxy) is 1. The van der Waals surface area contributed by atoms with E-state index in [1.165, 1.54) is 31.3 Å². The van der Waals surface area contributed by atoms with E-state index in [0.29, 0.717) is 0 Å². The average molecular weight is 408 g/mol. The molecule has 0 aliphatic heterocycles. The van der Waals surface area contributed by atoms with E-state index in [1.54, 1.807) is 0 Å². The Labute approximate surface area is 152 Å². The summed E-state index contributed by atoms with van der Waals surface area (Å²) in [6.07, 6.45) is -4.51. The molecule has 10 heteroatoms. The van der Waals surface area contributed by atoms with Gasteiger partial charge in [0.25, 0.3) is 0 Å². The summed E-state index contributed by atoms with van der Waals surface area (Å²) < 4.78 is 68.7. The van der Waals surface area contributed by atoms with E-state index in [-0.39, 0.29) is 21.0 Å². The number of carbonyl (C=O) groups is 1. The molecule has 0 atom stereocenters. The number of halogens is 4. The fourth-order valence-electron chi connectivity index (χ4n) is 2.01. The van der Waals surface area contributed by atoms with Crippen molar-refractivity contribution in [3.63, 3.8) is 0 Å². The summed E-state index contributed by atoms with van der Waals surface area (Å²) in [5, 5.41) is -0.0471. The smallest absolute Gasteiger partial charge is 0.416 e. The molecule has 26 heavy (non-hydrogen) atoms. The summed E-state index contributed by atoms with van der Waals surface area (Å²) in [6.45, 7) is -0.428. The first-order valence-electron chi connectivity index (χ1n) is 7.11. The van der Waals surface area contributed by atoms with Crippen LogP contribution in [0.5, 0.6) is 0 Å². The molecule has 140 valence electrons. The second-order valence-corrected chi connectivity index (χ2v) is 7.42. The van der Waals surface area contributed by atoms with Gasteiger partial charge in [0.05, 0.1) is 21.0 Å². The van der Waals surface area contributed by atoms with Gasteiger partial charge >= 0.3 is 12.1 Å². The van der Waals surface area contributed by atoms with E-state index in [1.807, 2.05) is 0 Å². The molecule has 0 saturated heterocycles. The maximum absolute atomic E-state index is 12.7. The van der Waals surface area contributed by atoms with Crippen molar-refractivity contribution in [3.8, 4) is 0 Å². The van der Waals surface area contributed by atoms with Crippen LogP contribution in [0, 0.1) is 0 Å². The molecule has 0 aromatic heterocycles. The Hall–Kier alpha value is -2.10. The number of benzene rings is 2. The van der Waals surface area contributed by atoms with Crippen LogP contribution in [0.4, 0.5) is 13.2 Å². The second kappa shape index (κ2) is 7.65. The lowest BCUT2D eigenvalue weighted by Crippen LogP contribution is -2.19. The average Bonchev–Trinajstić information content (AvgIpc) is 2.59.